The average molecular weight is 647 g/mol. The molecule has 4 aromatic rings. The van der Waals surface area contributed by atoms with E-state index >= 15 is 0 Å². The normalized spacial score (nSPS) is 12.6. The molecule has 0 bridgehead atoms. The topological polar surface area (TPSA) is 68.9 Å². The first-order valence-electron chi connectivity index (χ1n) is 17.3. The molecule has 1 aromatic heterocycles. The standard InChI is InChI=1S/C39H52NO5P/c1-3-4-5-6-7-8-9-10-11-12-13-14-15-18-28-43-37-29-33(2)30-38(31-37)45-46(41,42)44-36-25-23-34(24-26-36)32-40-27-19-21-35-20-16-17-22-39(35)40/h16-17,19-27,29-31H,3-15,18,28,32H2,1-2H3/p+1. The fourth-order valence-corrected chi connectivity index (χ4v) is 6.63. The number of nitrogens with zero attached hydrogens (tertiary/aromatic N) is 1. The van der Waals surface area contributed by atoms with Crippen LogP contribution in [0.25, 0.3) is 10.9 Å². The van der Waals surface area contributed by atoms with Crippen LogP contribution >= 0.6 is 7.82 Å². The molecule has 1 heterocycles. The highest BCUT2D eigenvalue weighted by Gasteiger charge is 2.25. The van der Waals surface area contributed by atoms with Crippen molar-refractivity contribution in [2.24, 2.45) is 0 Å². The Morgan fingerprint density at radius 3 is 1.89 bits per heavy atom. The molecule has 0 aliphatic rings. The molecule has 0 fully saturated rings. The average Bonchev–Trinajstić information content (AvgIpc) is 3.03. The third-order valence-corrected chi connectivity index (χ3v) is 9.18. The lowest BCUT2D eigenvalue weighted by atomic mass is 10.0. The van der Waals surface area contributed by atoms with Crippen LogP contribution in [0.2, 0.25) is 0 Å². The Morgan fingerprint density at radius 2 is 1.22 bits per heavy atom. The summed E-state index contributed by atoms with van der Waals surface area (Å²) >= 11 is 0. The summed E-state index contributed by atoms with van der Waals surface area (Å²) in [5.74, 6) is 1.13. The maximum Gasteiger partial charge on any atom is 0.584 e. The molecular formula is C39H53NO5P+. The minimum absolute atomic E-state index is 0.241. The number of hydrogen-bond donors (Lipinski definition) is 1. The van der Waals surface area contributed by atoms with Gasteiger partial charge in [0, 0.05) is 29.1 Å². The molecular weight excluding hydrogens is 593 g/mol. The van der Waals surface area contributed by atoms with Gasteiger partial charge in [-0.05, 0) is 67.4 Å². The SMILES string of the molecule is CCCCCCCCCCCCCCCCOc1cc(C)cc(OP(=O)(O)Oc2ccc(C[n+]3cccc4ccccc43)cc2)c1. The number of benzene rings is 3. The van der Waals surface area contributed by atoms with Gasteiger partial charge in [0.05, 0.1) is 6.61 Å². The molecule has 0 amide bonds. The zero-order chi connectivity index (χ0) is 32.5. The summed E-state index contributed by atoms with van der Waals surface area (Å²) in [7, 11) is -4.41. The number of pyridine rings is 1. The summed E-state index contributed by atoms with van der Waals surface area (Å²) < 4.78 is 31.8. The van der Waals surface area contributed by atoms with E-state index < -0.39 is 7.82 Å². The number of unbranched alkanes of at least 4 members (excludes halogenated alkanes) is 13. The van der Waals surface area contributed by atoms with Gasteiger partial charge >= 0.3 is 7.82 Å². The van der Waals surface area contributed by atoms with Crippen molar-refractivity contribution in [2.45, 2.75) is 110 Å². The van der Waals surface area contributed by atoms with E-state index in [1.54, 1.807) is 24.3 Å². The highest BCUT2D eigenvalue weighted by atomic mass is 31.2. The van der Waals surface area contributed by atoms with Crippen molar-refractivity contribution in [3.8, 4) is 17.2 Å². The number of fused-ring (bicyclic) bond motifs is 1. The first-order valence-corrected chi connectivity index (χ1v) is 18.8. The minimum atomic E-state index is -4.41. The second-order valence-electron chi connectivity index (χ2n) is 12.4. The van der Waals surface area contributed by atoms with Gasteiger partial charge in [-0.3, -0.25) is 4.89 Å². The predicted molar refractivity (Wildman–Crippen MR) is 188 cm³/mol. The number of para-hydroxylation sites is 1. The zero-order valence-electron chi connectivity index (χ0n) is 27.9. The van der Waals surface area contributed by atoms with Crippen LogP contribution in [0.1, 0.15) is 108 Å². The van der Waals surface area contributed by atoms with Crippen molar-refractivity contribution in [2.75, 3.05) is 6.61 Å². The molecule has 7 heteroatoms. The molecule has 0 aliphatic carbocycles. The second-order valence-corrected chi connectivity index (χ2v) is 13.7. The Labute approximate surface area is 276 Å². The van der Waals surface area contributed by atoms with Crippen LogP contribution in [0.15, 0.2) is 85.1 Å². The number of ether oxygens (including phenoxy) is 1. The van der Waals surface area contributed by atoms with Crippen LogP contribution in [-0.4, -0.2) is 11.5 Å². The fraction of sp³-hybridized carbons (Fsp3) is 0.462. The monoisotopic (exact) mass is 646 g/mol. The van der Waals surface area contributed by atoms with E-state index in [0.29, 0.717) is 18.9 Å². The summed E-state index contributed by atoms with van der Waals surface area (Å²) in [6.45, 7) is 5.45. The third kappa shape index (κ3) is 12.8. The van der Waals surface area contributed by atoms with Gasteiger partial charge in [-0.25, -0.2) is 4.57 Å². The van der Waals surface area contributed by atoms with Crippen molar-refractivity contribution in [3.63, 3.8) is 0 Å². The molecule has 0 radical (unpaired) electrons. The van der Waals surface area contributed by atoms with Gasteiger partial charge in [-0.15, -0.1) is 0 Å². The zero-order valence-corrected chi connectivity index (χ0v) is 28.8. The Bertz CT molecular complexity index is 1500. The van der Waals surface area contributed by atoms with E-state index in [-0.39, 0.29) is 11.5 Å². The highest BCUT2D eigenvalue weighted by Crippen LogP contribution is 2.45. The number of aromatic nitrogens is 1. The molecule has 1 unspecified atom stereocenters. The van der Waals surface area contributed by atoms with E-state index in [0.717, 1.165) is 29.5 Å². The lowest BCUT2D eigenvalue weighted by Crippen LogP contribution is -2.34. The van der Waals surface area contributed by atoms with Crippen LogP contribution < -0.4 is 18.4 Å². The van der Waals surface area contributed by atoms with Gasteiger partial charge in [0.1, 0.15) is 17.2 Å². The molecule has 248 valence electrons. The third-order valence-electron chi connectivity index (χ3n) is 8.30. The lowest BCUT2D eigenvalue weighted by Gasteiger charge is -2.15. The van der Waals surface area contributed by atoms with E-state index in [9.17, 15) is 9.46 Å². The van der Waals surface area contributed by atoms with Crippen LogP contribution in [0, 0.1) is 6.92 Å². The van der Waals surface area contributed by atoms with Crippen LogP contribution in [0.4, 0.5) is 0 Å². The Morgan fingerprint density at radius 1 is 0.652 bits per heavy atom. The van der Waals surface area contributed by atoms with Crippen LogP contribution in [0.3, 0.4) is 0 Å². The molecule has 4 rings (SSSR count). The van der Waals surface area contributed by atoms with E-state index in [1.165, 1.54) is 82.4 Å². The van der Waals surface area contributed by atoms with E-state index in [2.05, 4.69) is 29.7 Å². The summed E-state index contributed by atoms with van der Waals surface area (Å²) in [6, 6.07) is 24.8. The summed E-state index contributed by atoms with van der Waals surface area (Å²) in [6.07, 6.45) is 20.5. The van der Waals surface area contributed by atoms with Crippen molar-refractivity contribution >= 4 is 18.7 Å². The van der Waals surface area contributed by atoms with Crippen molar-refractivity contribution in [1.29, 1.82) is 0 Å². The van der Waals surface area contributed by atoms with Gasteiger partial charge in [0.15, 0.2) is 12.7 Å². The molecule has 46 heavy (non-hydrogen) atoms. The molecule has 1 atom stereocenters. The largest absolute Gasteiger partial charge is 0.584 e. The first-order chi connectivity index (χ1) is 22.4. The Kier molecular flexibility index (Phi) is 14.9. The molecule has 6 nitrogen and oxygen atoms in total. The Hall–Kier alpha value is -3.34. The maximum atomic E-state index is 12.9. The molecule has 0 spiro atoms. The molecule has 0 saturated heterocycles. The quantitative estimate of drug-likeness (QED) is 0.0523. The number of phosphoric ester groups is 1. The number of rotatable bonds is 22. The van der Waals surface area contributed by atoms with Crippen LogP contribution in [0.5, 0.6) is 17.2 Å². The molecule has 0 saturated carbocycles. The van der Waals surface area contributed by atoms with Gasteiger partial charge in [0.2, 0.25) is 5.52 Å². The van der Waals surface area contributed by atoms with Crippen molar-refractivity contribution in [3.05, 3.63) is 96.2 Å². The van der Waals surface area contributed by atoms with Gasteiger partial charge < -0.3 is 13.8 Å². The molecule has 0 aliphatic heterocycles. The summed E-state index contributed by atoms with van der Waals surface area (Å²) in [4.78, 5) is 10.5. The molecule has 1 N–H and O–H groups in total. The summed E-state index contributed by atoms with van der Waals surface area (Å²) in [5.41, 5.74) is 3.06. The second kappa shape index (κ2) is 19.4. The summed E-state index contributed by atoms with van der Waals surface area (Å²) in [5, 5.41) is 1.17. The predicted octanol–water partition coefficient (Wildman–Crippen LogP) is 10.9. The van der Waals surface area contributed by atoms with Gasteiger partial charge in [-0.1, -0.05) is 103 Å². The van der Waals surface area contributed by atoms with E-state index in [1.807, 2.05) is 49.5 Å². The van der Waals surface area contributed by atoms with E-state index in [4.69, 9.17) is 13.8 Å². The van der Waals surface area contributed by atoms with Crippen molar-refractivity contribution in [1.82, 2.24) is 0 Å². The molecule has 3 aromatic carbocycles. The smallest absolute Gasteiger partial charge is 0.493 e. The van der Waals surface area contributed by atoms with Gasteiger partial charge in [-0.2, -0.15) is 4.57 Å². The number of phosphoric acid groups is 1. The first kappa shape index (κ1) is 35.5. The Balaban J connectivity index is 1.14. The lowest BCUT2D eigenvalue weighted by molar-refractivity contribution is -0.662. The number of hydrogen-bond acceptors (Lipinski definition) is 4. The maximum absolute atomic E-state index is 12.9. The number of aryl methyl sites for hydroxylation is 1. The van der Waals surface area contributed by atoms with Crippen molar-refractivity contribution < 1.29 is 27.8 Å². The minimum Gasteiger partial charge on any atom is -0.493 e. The fourth-order valence-electron chi connectivity index (χ4n) is 5.83. The highest BCUT2D eigenvalue weighted by molar-refractivity contribution is 7.48. The van der Waals surface area contributed by atoms with Crippen LogP contribution in [-0.2, 0) is 11.1 Å². The van der Waals surface area contributed by atoms with Gasteiger partial charge in [0.25, 0.3) is 0 Å².